The van der Waals surface area contributed by atoms with Gasteiger partial charge in [0, 0.05) is 12.1 Å². The summed E-state index contributed by atoms with van der Waals surface area (Å²) in [6, 6.07) is 13.1. The van der Waals surface area contributed by atoms with Crippen LogP contribution in [0.1, 0.15) is 58.6 Å². The summed E-state index contributed by atoms with van der Waals surface area (Å²) in [6.45, 7) is 10.9. The molecule has 1 aliphatic carbocycles. The van der Waals surface area contributed by atoms with Crippen LogP contribution in [0.2, 0.25) is 0 Å². The lowest BCUT2D eigenvalue weighted by atomic mass is 9.82. The maximum absolute atomic E-state index is 15.0. The van der Waals surface area contributed by atoms with Crippen LogP contribution in [-0.2, 0) is 16.0 Å². The van der Waals surface area contributed by atoms with Crippen LogP contribution < -0.4 is 5.32 Å². The molecule has 4 rings (SSSR count). The van der Waals surface area contributed by atoms with Crippen molar-refractivity contribution < 1.29 is 18.4 Å². The van der Waals surface area contributed by atoms with Gasteiger partial charge in [-0.1, -0.05) is 81.5 Å². The van der Waals surface area contributed by atoms with E-state index in [0.29, 0.717) is 42.7 Å². The van der Waals surface area contributed by atoms with Crippen molar-refractivity contribution in [2.75, 3.05) is 13.1 Å². The molecule has 0 saturated heterocycles. The highest BCUT2D eigenvalue weighted by Crippen LogP contribution is 2.31. The lowest BCUT2D eigenvalue weighted by molar-refractivity contribution is -0.137. The first kappa shape index (κ1) is 32.7. The first-order valence-electron chi connectivity index (χ1n) is 15.1. The van der Waals surface area contributed by atoms with Crippen molar-refractivity contribution in [1.29, 1.82) is 0 Å². The Bertz CT molecular complexity index is 1540. The molecule has 230 valence electrons. The molecule has 1 aliphatic heterocycles. The number of aliphatic imine (C=N–C) groups is 1. The highest BCUT2D eigenvalue weighted by Gasteiger charge is 2.36. The van der Waals surface area contributed by atoms with E-state index in [4.69, 9.17) is 4.99 Å². The first-order valence-corrected chi connectivity index (χ1v) is 15.1. The molecule has 44 heavy (non-hydrogen) atoms. The minimum absolute atomic E-state index is 0.0854. The molecule has 2 aromatic rings. The quantitative estimate of drug-likeness (QED) is 0.167. The van der Waals surface area contributed by atoms with Gasteiger partial charge in [0.15, 0.2) is 0 Å². The van der Waals surface area contributed by atoms with Gasteiger partial charge in [-0.05, 0) is 80.5 Å². The SMILES string of the molecule is C/C=C/C(=N/C(=C(\C)Cc1ccccc1)C(NCCCN1C(=O)C2=C(C=CCC=C2)C1=O)C(C)(C)C)c1cc(F)ccc1F. The summed E-state index contributed by atoms with van der Waals surface area (Å²) in [4.78, 5) is 32.3. The molecule has 5 nitrogen and oxygen atoms in total. The molecule has 2 aromatic carbocycles. The molecule has 2 amide bonds. The third kappa shape index (κ3) is 7.83. The van der Waals surface area contributed by atoms with Crippen molar-refractivity contribution in [3.63, 3.8) is 0 Å². The molecule has 0 aromatic heterocycles. The van der Waals surface area contributed by atoms with Gasteiger partial charge in [-0.25, -0.2) is 8.78 Å². The minimum atomic E-state index is -0.555. The number of halogens is 2. The van der Waals surface area contributed by atoms with E-state index in [2.05, 4.69) is 26.1 Å². The Hall–Kier alpha value is -4.23. The van der Waals surface area contributed by atoms with Crippen LogP contribution in [0.3, 0.4) is 0 Å². The van der Waals surface area contributed by atoms with Crippen LogP contribution in [0, 0.1) is 17.0 Å². The lowest BCUT2D eigenvalue weighted by Gasteiger charge is -2.34. The predicted octanol–water partition coefficient (Wildman–Crippen LogP) is 7.42. The van der Waals surface area contributed by atoms with E-state index in [-0.39, 0.29) is 35.4 Å². The van der Waals surface area contributed by atoms with Crippen molar-refractivity contribution in [2.45, 2.75) is 59.9 Å². The normalized spacial score (nSPS) is 17.0. The molecule has 1 N–H and O–H groups in total. The average molecular weight is 598 g/mol. The van der Waals surface area contributed by atoms with Gasteiger partial charge in [0.05, 0.1) is 28.6 Å². The van der Waals surface area contributed by atoms with E-state index in [1.54, 1.807) is 24.3 Å². The molecule has 0 spiro atoms. The van der Waals surface area contributed by atoms with Crippen LogP contribution in [-0.4, -0.2) is 41.6 Å². The second-order valence-electron chi connectivity index (χ2n) is 12.2. The fourth-order valence-corrected chi connectivity index (χ4v) is 5.45. The third-order valence-electron chi connectivity index (χ3n) is 7.65. The largest absolute Gasteiger partial charge is 0.308 e. The summed E-state index contributed by atoms with van der Waals surface area (Å²) in [5.41, 5.74) is 3.80. The maximum Gasteiger partial charge on any atom is 0.261 e. The fraction of sp³-hybridized carbons (Fsp3) is 0.324. The standard InChI is InChI=1S/C37H41F2N3O2/c1-6-14-32(30-24-27(38)19-20-31(30)39)41-33(25(2)23-26-15-9-7-10-16-26)34(37(3,4)5)40-21-13-22-42-35(43)28-17-11-8-12-18-29(28)36(42)44/h6-7,9-12,14-20,24,34,40H,8,13,21-23H2,1-5H3/b14-6+,33-25+,41-32-. The van der Waals surface area contributed by atoms with Crippen LogP contribution >= 0.6 is 0 Å². The van der Waals surface area contributed by atoms with Gasteiger partial charge in [0.1, 0.15) is 11.6 Å². The van der Waals surface area contributed by atoms with Crippen molar-refractivity contribution in [1.82, 2.24) is 10.2 Å². The Balaban J connectivity index is 1.64. The van der Waals surface area contributed by atoms with E-state index in [1.807, 2.05) is 56.3 Å². The second kappa shape index (κ2) is 14.5. The van der Waals surface area contributed by atoms with E-state index >= 15 is 0 Å². The third-order valence-corrected chi connectivity index (χ3v) is 7.65. The number of hydrogen-bond donors (Lipinski definition) is 1. The van der Waals surface area contributed by atoms with E-state index in [1.165, 1.54) is 11.0 Å². The van der Waals surface area contributed by atoms with Gasteiger partial charge in [0.2, 0.25) is 0 Å². The molecule has 0 radical (unpaired) electrons. The van der Waals surface area contributed by atoms with Gasteiger partial charge < -0.3 is 5.32 Å². The Morgan fingerprint density at radius 1 is 1.02 bits per heavy atom. The Morgan fingerprint density at radius 3 is 2.30 bits per heavy atom. The second-order valence-corrected chi connectivity index (χ2v) is 12.2. The smallest absolute Gasteiger partial charge is 0.261 e. The summed E-state index contributed by atoms with van der Waals surface area (Å²) < 4.78 is 29.2. The molecular formula is C37H41F2N3O2. The zero-order valence-corrected chi connectivity index (χ0v) is 26.2. The number of hydrogen-bond acceptors (Lipinski definition) is 4. The van der Waals surface area contributed by atoms with Gasteiger partial charge in [0.25, 0.3) is 11.8 Å². The number of carbonyl (C=O) groups excluding carboxylic acids is 2. The molecule has 0 bridgehead atoms. The topological polar surface area (TPSA) is 61.8 Å². The molecule has 2 aliphatic rings. The molecule has 1 heterocycles. The lowest BCUT2D eigenvalue weighted by Crippen LogP contribution is -2.43. The number of nitrogens with zero attached hydrogens (tertiary/aromatic N) is 2. The van der Waals surface area contributed by atoms with E-state index in [0.717, 1.165) is 29.0 Å². The van der Waals surface area contributed by atoms with Crippen LogP contribution in [0.4, 0.5) is 8.78 Å². The highest BCUT2D eigenvalue weighted by molar-refractivity contribution is 6.22. The Kier molecular flexibility index (Phi) is 10.8. The minimum Gasteiger partial charge on any atom is -0.308 e. The maximum atomic E-state index is 15.0. The summed E-state index contributed by atoms with van der Waals surface area (Å²) in [6.07, 6.45) is 12.5. The number of amides is 2. The van der Waals surface area contributed by atoms with Crippen molar-refractivity contribution in [3.05, 3.63) is 130 Å². The number of nitrogens with one attached hydrogen (secondary N) is 1. The van der Waals surface area contributed by atoms with Gasteiger partial charge in [-0.15, -0.1) is 0 Å². The monoisotopic (exact) mass is 597 g/mol. The van der Waals surface area contributed by atoms with Crippen molar-refractivity contribution >= 4 is 17.5 Å². The summed E-state index contributed by atoms with van der Waals surface area (Å²) in [5, 5.41) is 3.63. The number of benzene rings is 2. The van der Waals surface area contributed by atoms with Gasteiger partial charge >= 0.3 is 0 Å². The van der Waals surface area contributed by atoms with Crippen molar-refractivity contribution in [3.8, 4) is 0 Å². The van der Waals surface area contributed by atoms with Crippen LogP contribution in [0.25, 0.3) is 0 Å². The highest BCUT2D eigenvalue weighted by atomic mass is 19.1. The Morgan fingerprint density at radius 2 is 1.68 bits per heavy atom. The molecule has 1 atom stereocenters. The number of carbonyl (C=O) groups is 2. The van der Waals surface area contributed by atoms with Crippen LogP contribution in [0.15, 0.2) is 112 Å². The average Bonchev–Trinajstić information content (AvgIpc) is 3.13. The summed E-state index contributed by atoms with van der Waals surface area (Å²) in [5.74, 6) is -1.63. The summed E-state index contributed by atoms with van der Waals surface area (Å²) in [7, 11) is 0. The number of allylic oxidation sites excluding steroid dienone is 5. The number of rotatable bonds is 11. The molecule has 0 saturated carbocycles. The van der Waals surface area contributed by atoms with E-state index < -0.39 is 11.6 Å². The Labute approximate surface area is 259 Å². The summed E-state index contributed by atoms with van der Waals surface area (Å²) >= 11 is 0. The van der Waals surface area contributed by atoms with Crippen LogP contribution in [0.5, 0.6) is 0 Å². The first-order chi connectivity index (χ1) is 21.0. The predicted molar refractivity (Wildman–Crippen MR) is 173 cm³/mol. The van der Waals surface area contributed by atoms with Gasteiger partial charge in [-0.3, -0.25) is 19.5 Å². The molecule has 1 unspecified atom stereocenters. The zero-order valence-electron chi connectivity index (χ0n) is 26.2. The van der Waals surface area contributed by atoms with Gasteiger partial charge in [-0.2, -0.15) is 0 Å². The molecule has 0 fully saturated rings. The zero-order chi connectivity index (χ0) is 31.9. The van der Waals surface area contributed by atoms with Crippen molar-refractivity contribution in [2.24, 2.45) is 10.4 Å². The molecule has 7 heteroatoms. The molecular weight excluding hydrogens is 556 g/mol. The van der Waals surface area contributed by atoms with E-state index in [9.17, 15) is 18.4 Å². The number of imide groups is 1. The fourth-order valence-electron chi connectivity index (χ4n) is 5.45.